The number of nitrogens with one attached hydrogen (secondary N) is 1. The van der Waals surface area contributed by atoms with Gasteiger partial charge in [0.05, 0.1) is 12.1 Å². The maximum atomic E-state index is 6.38. The van der Waals surface area contributed by atoms with Gasteiger partial charge in [0.1, 0.15) is 5.69 Å². The van der Waals surface area contributed by atoms with Gasteiger partial charge in [-0.15, -0.1) is 0 Å². The molecule has 3 aromatic rings. The Balaban J connectivity index is 1.91. The van der Waals surface area contributed by atoms with E-state index in [0.29, 0.717) is 33.9 Å². The van der Waals surface area contributed by atoms with Crippen LogP contribution in [0.25, 0.3) is 16.8 Å². The van der Waals surface area contributed by atoms with E-state index in [1.807, 2.05) is 12.3 Å². The number of piperazine rings is 1. The highest BCUT2D eigenvalue weighted by molar-refractivity contribution is 6.33. The summed E-state index contributed by atoms with van der Waals surface area (Å²) in [6.45, 7) is 4.76. The van der Waals surface area contributed by atoms with Crippen molar-refractivity contribution in [2.75, 3.05) is 31.6 Å². The predicted molar refractivity (Wildman–Crippen MR) is 92.4 cm³/mol. The molecule has 1 aliphatic heterocycles. The summed E-state index contributed by atoms with van der Waals surface area (Å²) in [5, 5.41) is 8.11. The molecule has 126 valence electrons. The molecule has 1 fully saturated rings. The fraction of sp³-hybridized carbons (Fsp3) is 0.375. The fourth-order valence-electron chi connectivity index (χ4n) is 3.02. The Morgan fingerprint density at radius 3 is 3.04 bits per heavy atom. The third kappa shape index (κ3) is 2.40. The fourth-order valence-corrected chi connectivity index (χ4v) is 3.29. The highest BCUT2D eigenvalue weighted by Crippen LogP contribution is 2.39. The molecular formula is C16H18ClN5O2. The number of fused-ring (bicyclic) bond motifs is 1. The van der Waals surface area contributed by atoms with Gasteiger partial charge in [0.15, 0.2) is 16.8 Å². The largest absolute Gasteiger partial charge is 0.493 e. The van der Waals surface area contributed by atoms with Crippen molar-refractivity contribution in [1.29, 1.82) is 0 Å². The van der Waals surface area contributed by atoms with Gasteiger partial charge in [0.2, 0.25) is 0 Å². The molecule has 0 amide bonds. The van der Waals surface area contributed by atoms with Crippen LogP contribution in [-0.2, 0) is 0 Å². The van der Waals surface area contributed by atoms with Crippen LogP contribution in [0.2, 0.25) is 5.02 Å². The van der Waals surface area contributed by atoms with Gasteiger partial charge in [0, 0.05) is 38.1 Å². The average Bonchev–Trinajstić information content (AvgIpc) is 3.24. The monoisotopic (exact) mass is 347 g/mol. The second kappa shape index (κ2) is 5.99. The number of halogens is 1. The van der Waals surface area contributed by atoms with Crippen molar-refractivity contribution in [2.45, 2.75) is 13.0 Å². The van der Waals surface area contributed by atoms with Crippen molar-refractivity contribution < 1.29 is 9.15 Å². The van der Waals surface area contributed by atoms with E-state index in [0.717, 1.165) is 25.3 Å². The van der Waals surface area contributed by atoms with E-state index in [2.05, 4.69) is 27.2 Å². The molecule has 4 rings (SSSR count). The second-order valence-electron chi connectivity index (χ2n) is 5.78. The molecule has 0 radical (unpaired) electrons. The third-order valence-electron chi connectivity index (χ3n) is 4.25. The Bertz CT molecular complexity index is 861. The molecule has 1 atom stereocenters. The minimum Gasteiger partial charge on any atom is -0.493 e. The van der Waals surface area contributed by atoms with E-state index in [4.69, 9.17) is 20.8 Å². The molecule has 3 heterocycles. The van der Waals surface area contributed by atoms with Crippen LogP contribution in [0.1, 0.15) is 6.92 Å². The topological polar surface area (TPSA) is 68.3 Å². The molecule has 24 heavy (non-hydrogen) atoms. The number of benzene rings is 1. The first-order chi connectivity index (χ1) is 11.7. The summed E-state index contributed by atoms with van der Waals surface area (Å²) >= 11 is 6.38. The number of nitrogens with zero attached hydrogens (tertiary/aromatic N) is 4. The number of hydrogen-bond acceptors (Lipinski definition) is 6. The van der Waals surface area contributed by atoms with Crippen LogP contribution in [0, 0.1) is 0 Å². The number of methoxy groups -OCH3 is 1. The van der Waals surface area contributed by atoms with E-state index in [-0.39, 0.29) is 0 Å². The summed E-state index contributed by atoms with van der Waals surface area (Å²) in [4.78, 5) is 6.82. The van der Waals surface area contributed by atoms with Gasteiger partial charge in [0.25, 0.3) is 6.01 Å². The molecule has 8 heteroatoms. The maximum Gasteiger partial charge on any atom is 0.298 e. The van der Waals surface area contributed by atoms with Crippen molar-refractivity contribution in [1.82, 2.24) is 20.1 Å². The molecule has 0 aliphatic carbocycles. The predicted octanol–water partition coefficient (Wildman–Crippen LogP) is 2.47. The Kier molecular flexibility index (Phi) is 3.82. The smallest absolute Gasteiger partial charge is 0.298 e. The molecule has 0 bridgehead atoms. The SMILES string of the molecule is COc1c(Cl)cc(-n2cccn2)c2oc(N3CCNC[C@@H]3C)nc12. The lowest BCUT2D eigenvalue weighted by Gasteiger charge is -2.32. The van der Waals surface area contributed by atoms with Crippen molar-refractivity contribution in [3.05, 3.63) is 29.5 Å². The number of anilines is 1. The summed E-state index contributed by atoms with van der Waals surface area (Å²) in [6, 6.07) is 4.50. The minimum atomic E-state index is 0.293. The first-order valence-electron chi connectivity index (χ1n) is 7.83. The molecule has 0 unspecified atom stereocenters. The highest BCUT2D eigenvalue weighted by atomic mass is 35.5. The van der Waals surface area contributed by atoms with E-state index in [9.17, 15) is 0 Å². The zero-order valence-electron chi connectivity index (χ0n) is 13.5. The standard InChI is InChI=1S/C16H18ClN5O2/c1-10-9-18-5-7-21(10)16-20-13-14(23-2)11(17)8-12(15(13)24-16)22-6-3-4-19-22/h3-4,6,8,10,18H,5,7,9H2,1-2H3/t10-/m0/s1. The van der Waals surface area contributed by atoms with Crippen molar-refractivity contribution in [3.63, 3.8) is 0 Å². The number of hydrogen-bond donors (Lipinski definition) is 1. The van der Waals surface area contributed by atoms with Crippen LogP contribution in [-0.4, -0.2) is 47.6 Å². The molecule has 2 aromatic heterocycles. The third-order valence-corrected chi connectivity index (χ3v) is 4.53. The molecule has 1 aliphatic rings. The van der Waals surface area contributed by atoms with Gasteiger partial charge < -0.3 is 19.4 Å². The molecule has 1 aromatic carbocycles. The lowest BCUT2D eigenvalue weighted by molar-refractivity contribution is 0.419. The number of ether oxygens (including phenoxy) is 1. The molecule has 7 nitrogen and oxygen atoms in total. The Morgan fingerprint density at radius 2 is 2.33 bits per heavy atom. The average molecular weight is 348 g/mol. The van der Waals surface area contributed by atoms with E-state index < -0.39 is 0 Å². The quantitative estimate of drug-likeness (QED) is 0.785. The van der Waals surface area contributed by atoms with Crippen molar-refractivity contribution >= 4 is 28.7 Å². The molecule has 0 saturated carbocycles. The van der Waals surface area contributed by atoms with Crippen LogP contribution in [0.3, 0.4) is 0 Å². The van der Waals surface area contributed by atoms with Gasteiger partial charge in [-0.1, -0.05) is 11.6 Å². The lowest BCUT2D eigenvalue weighted by atomic mass is 10.2. The lowest BCUT2D eigenvalue weighted by Crippen LogP contribution is -2.50. The van der Waals surface area contributed by atoms with Gasteiger partial charge in [-0.05, 0) is 19.1 Å². The van der Waals surface area contributed by atoms with Crippen LogP contribution in [0.5, 0.6) is 5.75 Å². The van der Waals surface area contributed by atoms with Crippen LogP contribution in [0.4, 0.5) is 6.01 Å². The van der Waals surface area contributed by atoms with Crippen LogP contribution >= 0.6 is 11.6 Å². The molecule has 1 N–H and O–H groups in total. The summed E-state index contributed by atoms with van der Waals surface area (Å²) in [5.74, 6) is 0.514. The first kappa shape index (κ1) is 15.3. The molecule has 1 saturated heterocycles. The highest BCUT2D eigenvalue weighted by Gasteiger charge is 2.26. The van der Waals surface area contributed by atoms with E-state index >= 15 is 0 Å². The molecular weight excluding hydrogens is 330 g/mol. The second-order valence-corrected chi connectivity index (χ2v) is 6.19. The summed E-state index contributed by atoms with van der Waals surface area (Å²) < 4.78 is 13.3. The zero-order valence-corrected chi connectivity index (χ0v) is 14.2. The normalized spacial score (nSPS) is 18.3. The number of oxazole rings is 1. The Hall–Kier alpha value is -2.25. The van der Waals surface area contributed by atoms with Gasteiger partial charge in [-0.25, -0.2) is 4.68 Å². The van der Waals surface area contributed by atoms with Gasteiger partial charge in [-0.3, -0.25) is 0 Å². The molecule has 0 spiro atoms. The Labute approximate surface area is 144 Å². The van der Waals surface area contributed by atoms with Crippen molar-refractivity contribution in [3.8, 4) is 11.4 Å². The summed E-state index contributed by atoms with van der Waals surface area (Å²) in [5.41, 5.74) is 1.96. The van der Waals surface area contributed by atoms with E-state index in [1.165, 1.54) is 0 Å². The Morgan fingerprint density at radius 1 is 1.46 bits per heavy atom. The number of aromatic nitrogens is 3. The zero-order chi connectivity index (χ0) is 16.7. The van der Waals surface area contributed by atoms with Crippen LogP contribution in [0.15, 0.2) is 28.9 Å². The van der Waals surface area contributed by atoms with Gasteiger partial charge in [-0.2, -0.15) is 10.1 Å². The van der Waals surface area contributed by atoms with Gasteiger partial charge >= 0.3 is 0 Å². The summed E-state index contributed by atoms with van der Waals surface area (Å²) in [7, 11) is 1.58. The van der Waals surface area contributed by atoms with Crippen LogP contribution < -0.4 is 15.0 Å². The van der Waals surface area contributed by atoms with E-state index in [1.54, 1.807) is 24.1 Å². The number of rotatable bonds is 3. The first-order valence-corrected chi connectivity index (χ1v) is 8.21. The summed E-state index contributed by atoms with van der Waals surface area (Å²) in [6.07, 6.45) is 3.55. The maximum absolute atomic E-state index is 6.38. The van der Waals surface area contributed by atoms with Crippen molar-refractivity contribution in [2.24, 2.45) is 0 Å². The minimum absolute atomic E-state index is 0.293.